The van der Waals surface area contributed by atoms with E-state index in [9.17, 15) is 4.79 Å². The molecule has 1 aliphatic heterocycles. The molecule has 0 aromatic carbocycles. The van der Waals surface area contributed by atoms with Crippen molar-refractivity contribution in [1.29, 1.82) is 0 Å². The minimum absolute atomic E-state index is 0.0968. The highest BCUT2D eigenvalue weighted by Crippen LogP contribution is 2.39. The number of ether oxygens (including phenoxy) is 2. The summed E-state index contributed by atoms with van der Waals surface area (Å²) >= 11 is 0. The van der Waals surface area contributed by atoms with E-state index in [-0.39, 0.29) is 6.61 Å². The third kappa shape index (κ3) is 1.79. The molecule has 3 heteroatoms. The van der Waals surface area contributed by atoms with Crippen LogP contribution in [-0.4, -0.2) is 25.3 Å². The predicted octanol–water partition coefficient (Wildman–Crippen LogP) is 1.45. The van der Waals surface area contributed by atoms with Crippen molar-refractivity contribution in [3.05, 3.63) is 23.8 Å². The summed E-state index contributed by atoms with van der Waals surface area (Å²) in [6, 6.07) is 0. The molecule has 2 rings (SSSR count). The molecule has 2 aliphatic rings. The Bertz CT molecular complexity index is 287. The van der Waals surface area contributed by atoms with Crippen LogP contribution < -0.4 is 0 Å². The average molecular weight is 194 g/mol. The Morgan fingerprint density at radius 3 is 3.14 bits per heavy atom. The van der Waals surface area contributed by atoms with Crippen LogP contribution in [0, 0.1) is 5.92 Å². The first-order chi connectivity index (χ1) is 6.77. The van der Waals surface area contributed by atoms with E-state index < -0.39 is 5.79 Å². The number of epoxide rings is 1. The molecule has 76 valence electrons. The Morgan fingerprint density at radius 2 is 2.57 bits per heavy atom. The third-order valence-corrected chi connectivity index (χ3v) is 2.50. The largest absolute Gasteiger partial charge is 0.338 e. The second-order valence-electron chi connectivity index (χ2n) is 3.76. The zero-order valence-corrected chi connectivity index (χ0v) is 8.23. The lowest BCUT2D eigenvalue weighted by Gasteiger charge is -2.17. The van der Waals surface area contributed by atoms with Gasteiger partial charge in [0.2, 0.25) is 5.79 Å². The molecule has 0 amide bonds. The fraction of sp³-hybridized carbons (Fsp3) is 0.545. The highest BCUT2D eigenvalue weighted by molar-refractivity contribution is 5.51. The van der Waals surface area contributed by atoms with Crippen LogP contribution in [0.25, 0.3) is 0 Å². The molecule has 1 saturated heterocycles. The van der Waals surface area contributed by atoms with Crippen LogP contribution in [0.1, 0.15) is 13.3 Å². The summed E-state index contributed by atoms with van der Waals surface area (Å²) in [5.41, 5.74) is 1.05. The van der Waals surface area contributed by atoms with Crippen molar-refractivity contribution < 1.29 is 14.3 Å². The number of aldehydes is 1. The zero-order valence-electron chi connectivity index (χ0n) is 8.23. The molecule has 0 N–H and O–H groups in total. The van der Waals surface area contributed by atoms with Crippen LogP contribution >= 0.6 is 0 Å². The van der Waals surface area contributed by atoms with Crippen molar-refractivity contribution in [2.45, 2.75) is 19.1 Å². The molecule has 0 radical (unpaired) electrons. The van der Waals surface area contributed by atoms with Crippen LogP contribution in [-0.2, 0) is 14.3 Å². The van der Waals surface area contributed by atoms with E-state index in [1.54, 1.807) is 0 Å². The van der Waals surface area contributed by atoms with E-state index in [1.807, 2.05) is 6.08 Å². The van der Waals surface area contributed by atoms with Crippen LogP contribution in [0.3, 0.4) is 0 Å². The van der Waals surface area contributed by atoms with E-state index in [1.165, 1.54) is 0 Å². The number of carbonyl (C=O) groups is 1. The Balaban J connectivity index is 2.06. The van der Waals surface area contributed by atoms with Gasteiger partial charge in [-0.05, 0) is 12.3 Å². The lowest BCUT2D eigenvalue weighted by Crippen LogP contribution is -2.21. The zero-order chi connectivity index (χ0) is 10.0. The number of hydrogen-bond acceptors (Lipinski definition) is 3. The van der Waals surface area contributed by atoms with Gasteiger partial charge in [0.15, 0.2) is 0 Å². The van der Waals surface area contributed by atoms with Gasteiger partial charge in [0.05, 0.1) is 0 Å². The Labute approximate surface area is 83.4 Å². The van der Waals surface area contributed by atoms with E-state index in [0.29, 0.717) is 12.5 Å². The summed E-state index contributed by atoms with van der Waals surface area (Å²) in [5, 5.41) is 0. The highest BCUT2D eigenvalue weighted by Gasteiger charge is 2.49. The molecule has 14 heavy (non-hydrogen) atoms. The maximum absolute atomic E-state index is 10.2. The van der Waals surface area contributed by atoms with Crippen LogP contribution in [0.15, 0.2) is 23.8 Å². The second-order valence-corrected chi connectivity index (χ2v) is 3.76. The maximum Gasteiger partial charge on any atom is 0.219 e. The molecule has 1 fully saturated rings. The van der Waals surface area contributed by atoms with E-state index in [2.05, 4.69) is 19.1 Å². The van der Waals surface area contributed by atoms with Gasteiger partial charge in [-0.15, -0.1) is 0 Å². The molecule has 1 heterocycles. The number of carbonyl (C=O) groups excluding carboxylic acids is 1. The highest BCUT2D eigenvalue weighted by atomic mass is 16.8. The summed E-state index contributed by atoms with van der Waals surface area (Å²) < 4.78 is 10.7. The normalized spacial score (nSPS) is 35.2. The molecule has 3 nitrogen and oxygen atoms in total. The monoisotopic (exact) mass is 194 g/mol. The molecule has 0 saturated carbocycles. The molecule has 0 bridgehead atoms. The summed E-state index contributed by atoms with van der Waals surface area (Å²) in [6.07, 6.45) is 8.11. The topological polar surface area (TPSA) is 38.8 Å². The lowest BCUT2D eigenvalue weighted by atomic mass is 9.95. The summed E-state index contributed by atoms with van der Waals surface area (Å²) in [4.78, 5) is 10.2. The van der Waals surface area contributed by atoms with Gasteiger partial charge in [0.1, 0.15) is 19.5 Å². The molecule has 1 aliphatic carbocycles. The third-order valence-electron chi connectivity index (χ3n) is 2.50. The number of hydrogen-bond donors (Lipinski definition) is 0. The molecule has 2 atom stereocenters. The van der Waals surface area contributed by atoms with Crippen molar-refractivity contribution in [1.82, 2.24) is 0 Å². The fourth-order valence-corrected chi connectivity index (χ4v) is 1.66. The lowest BCUT2D eigenvalue weighted by molar-refractivity contribution is -0.116. The molecule has 0 aromatic heterocycles. The maximum atomic E-state index is 10.2. The summed E-state index contributed by atoms with van der Waals surface area (Å²) in [6.45, 7) is 2.81. The van der Waals surface area contributed by atoms with E-state index >= 15 is 0 Å². The first-order valence-electron chi connectivity index (χ1n) is 4.87. The Morgan fingerprint density at radius 1 is 1.79 bits per heavy atom. The standard InChI is InChI=1S/C11H14O3/c1-9-3-2-4-10(7-9)11(8-14-11)13-6-5-12/h2,4-5,7,9H,3,6,8H2,1H3. The summed E-state index contributed by atoms with van der Waals surface area (Å²) in [7, 11) is 0. The van der Waals surface area contributed by atoms with Gasteiger partial charge in [-0.25, -0.2) is 0 Å². The molecular weight excluding hydrogens is 180 g/mol. The summed E-state index contributed by atoms with van der Waals surface area (Å²) in [5.74, 6) is -0.0811. The van der Waals surface area contributed by atoms with Crippen LogP contribution in [0.4, 0.5) is 0 Å². The van der Waals surface area contributed by atoms with Crippen molar-refractivity contribution in [2.24, 2.45) is 5.92 Å². The Hall–Kier alpha value is -0.930. The minimum Gasteiger partial charge on any atom is -0.338 e. The van der Waals surface area contributed by atoms with Crippen LogP contribution in [0.2, 0.25) is 0 Å². The molecule has 0 spiro atoms. The smallest absolute Gasteiger partial charge is 0.219 e. The quantitative estimate of drug-likeness (QED) is 0.502. The van der Waals surface area contributed by atoms with Gasteiger partial charge in [-0.1, -0.05) is 25.2 Å². The van der Waals surface area contributed by atoms with Crippen molar-refractivity contribution in [3.63, 3.8) is 0 Å². The minimum atomic E-state index is -0.605. The van der Waals surface area contributed by atoms with Crippen molar-refractivity contribution in [2.75, 3.05) is 13.2 Å². The number of rotatable bonds is 4. The van der Waals surface area contributed by atoms with Crippen molar-refractivity contribution >= 4 is 6.29 Å². The first-order valence-corrected chi connectivity index (χ1v) is 4.87. The average Bonchev–Trinajstić information content (AvgIpc) is 2.96. The van der Waals surface area contributed by atoms with Gasteiger partial charge < -0.3 is 14.3 Å². The molecular formula is C11H14O3. The van der Waals surface area contributed by atoms with Gasteiger partial charge in [0.25, 0.3) is 0 Å². The van der Waals surface area contributed by atoms with Gasteiger partial charge >= 0.3 is 0 Å². The molecule has 2 unspecified atom stereocenters. The first kappa shape index (κ1) is 9.62. The Kier molecular flexibility index (Phi) is 2.52. The van der Waals surface area contributed by atoms with E-state index in [0.717, 1.165) is 18.3 Å². The second kappa shape index (κ2) is 3.67. The van der Waals surface area contributed by atoms with Gasteiger partial charge in [-0.2, -0.15) is 0 Å². The molecule has 0 aromatic rings. The van der Waals surface area contributed by atoms with Gasteiger partial charge in [0, 0.05) is 5.57 Å². The fourth-order valence-electron chi connectivity index (χ4n) is 1.66. The van der Waals surface area contributed by atoms with Gasteiger partial charge in [-0.3, -0.25) is 0 Å². The van der Waals surface area contributed by atoms with E-state index in [4.69, 9.17) is 9.47 Å². The predicted molar refractivity (Wildman–Crippen MR) is 51.7 cm³/mol. The van der Waals surface area contributed by atoms with Crippen molar-refractivity contribution in [3.8, 4) is 0 Å². The van der Waals surface area contributed by atoms with Crippen LogP contribution in [0.5, 0.6) is 0 Å². The number of allylic oxidation sites excluding steroid dienone is 2. The SMILES string of the molecule is CC1C=C(C2(OCC=O)CO2)C=CC1.